The number of hydrogen-bond donors (Lipinski definition) is 0. The van der Waals surface area contributed by atoms with Crippen molar-refractivity contribution in [2.45, 2.75) is 85.7 Å². The average molecular weight is 363 g/mol. The molecule has 0 amide bonds. The predicted octanol–water partition coefficient (Wildman–Crippen LogP) is 6.05. The van der Waals surface area contributed by atoms with E-state index in [1.165, 1.54) is 19.3 Å². The van der Waals surface area contributed by atoms with E-state index in [1.54, 1.807) is 0 Å². The van der Waals surface area contributed by atoms with Crippen LogP contribution < -0.4 is 0 Å². The minimum atomic E-state index is -0.389. The highest BCUT2D eigenvalue weighted by Gasteiger charge is 2.35. The minimum Gasteiger partial charge on any atom is -0.482 e. The number of allylic oxidation sites excluding steroid dienone is 3. The summed E-state index contributed by atoms with van der Waals surface area (Å²) >= 11 is 0. The van der Waals surface area contributed by atoms with Gasteiger partial charge in [-0.3, -0.25) is 0 Å². The first-order chi connectivity index (χ1) is 12.2. The molecule has 0 aliphatic heterocycles. The number of ether oxygens (including phenoxy) is 2. The second kappa shape index (κ2) is 8.63. The van der Waals surface area contributed by atoms with Gasteiger partial charge in [0.1, 0.15) is 11.4 Å². The van der Waals surface area contributed by atoms with Gasteiger partial charge in [0.15, 0.2) is 6.61 Å². The summed E-state index contributed by atoms with van der Waals surface area (Å²) in [6.07, 6.45) is 13.3. The lowest BCUT2D eigenvalue weighted by Crippen LogP contribution is -2.36. The van der Waals surface area contributed by atoms with Gasteiger partial charge >= 0.3 is 5.97 Å². The van der Waals surface area contributed by atoms with Crippen LogP contribution in [0, 0.1) is 23.2 Å². The monoisotopic (exact) mass is 362 g/mol. The molecular weight excluding hydrogens is 324 g/mol. The van der Waals surface area contributed by atoms with Crippen molar-refractivity contribution >= 4 is 5.97 Å². The van der Waals surface area contributed by atoms with Crippen LogP contribution in [0.1, 0.15) is 80.1 Å². The largest absolute Gasteiger partial charge is 0.482 e. The average Bonchev–Trinajstić information content (AvgIpc) is 3.15. The molecule has 0 heterocycles. The molecule has 0 spiro atoms. The topological polar surface area (TPSA) is 35.5 Å². The number of carbonyl (C=O) groups is 1. The highest BCUT2D eigenvalue weighted by atomic mass is 16.6. The second-order valence-electron chi connectivity index (χ2n) is 9.34. The molecule has 0 aromatic carbocycles. The molecule has 0 N–H and O–H groups in total. The third kappa shape index (κ3) is 5.37. The van der Waals surface area contributed by atoms with E-state index in [2.05, 4.69) is 39.8 Å². The fourth-order valence-corrected chi connectivity index (χ4v) is 4.17. The van der Waals surface area contributed by atoms with Crippen molar-refractivity contribution in [3.05, 3.63) is 24.0 Å². The van der Waals surface area contributed by atoms with Gasteiger partial charge in [0.25, 0.3) is 0 Å². The van der Waals surface area contributed by atoms with E-state index in [0.717, 1.165) is 25.0 Å². The summed E-state index contributed by atoms with van der Waals surface area (Å²) in [4.78, 5) is 12.2. The maximum Gasteiger partial charge on any atom is 0.344 e. The van der Waals surface area contributed by atoms with Crippen LogP contribution in [-0.4, -0.2) is 18.2 Å². The lowest BCUT2D eigenvalue weighted by Gasteiger charge is -2.36. The van der Waals surface area contributed by atoms with E-state index in [0.29, 0.717) is 23.2 Å². The van der Waals surface area contributed by atoms with Gasteiger partial charge in [-0.1, -0.05) is 53.0 Å². The minimum absolute atomic E-state index is 0.00695. The summed E-state index contributed by atoms with van der Waals surface area (Å²) in [6, 6.07) is 0. The van der Waals surface area contributed by atoms with Crippen LogP contribution in [0.2, 0.25) is 0 Å². The van der Waals surface area contributed by atoms with Crippen LogP contribution in [0.25, 0.3) is 0 Å². The van der Waals surface area contributed by atoms with Crippen molar-refractivity contribution in [2.75, 3.05) is 6.61 Å². The van der Waals surface area contributed by atoms with E-state index in [1.807, 2.05) is 19.9 Å². The molecule has 0 radical (unpaired) electrons. The van der Waals surface area contributed by atoms with Crippen LogP contribution in [0.15, 0.2) is 24.0 Å². The fourth-order valence-electron chi connectivity index (χ4n) is 4.17. The van der Waals surface area contributed by atoms with Crippen molar-refractivity contribution < 1.29 is 14.3 Å². The summed E-state index contributed by atoms with van der Waals surface area (Å²) in [5.74, 6) is 2.14. The first-order valence-corrected chi connectivity index (χ1v) is 10.4. The van der Waals surface area contributed by atoms with Gasteiger partial charge in [-0.25, -0.2) is 4.79 Å². The zero-order chi connectivity index (χ0) is 19.4. The molecule has 0 aromatic heterocycles. The first kappa shape index (κ1) is 21.1. The number of rotatable bonds is 8. The highest BCUT2D eigenvalue weighted by molar-refractivity contribution is 5.71. The maximum atomic E-state index is 12.2. The van der Waals surface area contributed by atoms with Crippen molar-refractivity contribution in [1.82, 2.24) is 0 Å². The molecule has 1 saturated carbocycles. The summed E-state index contributed by atoms with van der Waals surface area (Å²) in [6.45, 7) is 13.3. The number of esters is 1. The Bertz CT molecular complexity index is 536. The van der Waals surface area contributed by atoms with Crippen LogP contribution >= 0.6 is 0 Å². The molecular formula is C23H38O3. The summed E-state index contributed by atoms with van der Waals surface area (Å²) in [5, 5.41) is 0. The Morgan fingerprint density at radius 3 is 2.42 bits per heavy atom. The van der Waals surface area contributed by atoms with Gasteiger partial charge in [0.05, 0.1) is 0 Å². The maximum absolute atomic E-state index is 12.2. The summed E-state index contributed by atoms with van der Waals surface area (Å²) < 4.78 is 11.4. The van der Waals surface area contributed by atoms with Crippen LogP contribution in [-0.2, 0) is 14.3 Å². The molecule has 148 valence electrons. The van der Waals surface area contributed by atoms with Gasteiger partial charge in [0, 0.05) is 0 Å². The second-order valence-corrected chi connectivity index (χ2v) is 9.34. The molecule has 2 aliphatic carbocycles. The molecule has 3 nitrogen and oxygen atoms in total. The standard InChI is InChI=1S/C23H38O3/c1-7-22(3,4)17(2)18-12-14-20(15-13-18)25-16-21(24)26-23(5,6)19-10-8-9-11-19/h12,14-15,17-19H,7-11,13,16H2,1-6H3. The highest BCUT2D eigenvalue weighted by Crippen LogP contribution is 2.39. The van der Waals surface area contributed by atoms with Gasteiger partial charge < -0.3 is 9.47 Å². The molecule has 2 aliphatic rings. The normalized spacial score (nSPS) is 22.8. The van der Waals surface area contributed by atoms with Crippen LogP contribution in [0.3, 0.4) is 0 Å². The van der Waals surface area contributed by atoms with E-state index >= 15 is 0 Å². The van der Waals surface area contributed by atoms with E-state index < -0.39 is 0 Å². The van der Waals surface area contributed by atoms with E-state index in [9.17, 15) is 4.79 Å². The van der Waals surface area contributed by atoms with Gasteiger partial charge in [0.2, 0.25) is 0 Å². The molecule has 26 heavy (non-hydrogen) atoms. The smallest absolute Gasteiger partial charge is 0.344 e. The SMILES string of the molecule is CCC(C)(C)C(C)C1C=CC(OCC(=O)OC(C)(C)C2CCCC2)=CC1. The van der Waals surface area contributed by atoms with Gasteiger partial charge in [-0.05, 0) is 68.4 Å². The molecule has 0 aromatic rings. The van der Waals surface area contributed by atoms with Gasteiger partial charge in [-0.15, -0.1) is 0 Å². The van der Waals surface area contributed by atoms with E-state index in [-0.39, 0.29) is 18.2 Å². The Labute approximate surface area is 160 Å². The Kier molecular flexibility index (Phi) is 6.99. The number of carbonyl (C=O) groups excluding carboxylic acids is 1. The fraction of sp³-hybridized carbons (Fsp3) is 0.783. The molecule has 0 saturated heterocycles. The van der Waals surface area contributed by atoms with Crippen molar-refractivity contribution in [1.29, 1.82) is 0 Å². The van der Waals surface area contributed by atoms with Crippen molar-refractivity contribution in [3.8, 4) is 0 Å². The third-order valence-electron chi connectivity index (χ3n) is 6.96. The van der Waals surface area contributed by atoms with E-state index in [4.69, 9.17) is 9.47 Å². The Morgan fingerprint density at radius 1 is 1.23 bits per heavy atom. The van der Waals surface area contributed by atoms with Crippen molar-refractivity contribution in [2.24, 2.45) is 23.2 Å². The number of hydrogen-bond acceptors (Lipinski definition) is 3. The Hall–Kier alpha value is -1.25. The third-order valence-corrected chi connectivity index (χ3v) is 6.96. The molecule has 2 rings (SSSR count). The molecule has 3 heteroatoms. The summed E-state index contributed by atoms with van der Waals surface area (Å²) in [7, 11) is 0. The van der Waals surface area contributed by atoms with Gasteiger partial charge in [-0.2, -0.15) is 0 Å². The molecule has 2 unspecified atom stereocenters. The molecule has 2 atom stereocenters. The van der Waals surface area contributed by atoms with Crippen LogP contribution in [0.5, 0.6) is 0 Å². The summed E-state index contributed by atoms with van der Waals surface area (Å²) in [5.41, 5.74) is -0.0587. The Morgan fingerprint density at radius 2 is 1.88 bits per heavy atom. The first-order valence-electron chi connectivity index (χ1n) is 10.4. The zero-order valence-corrected chi connectivity index (χ0v) is 17.6. The lowest BCUT2D eigenvalue weighted by atomic mass is 9.69. The van der Waals surface area contributed by atoms with Crippen LogP contribution in [0.4, 0.5) is 0 Å². The quantitative estimate of drug-likeness (QED) is 0.493. The predicted molar refractivity (Wildman–Crippen MR) is 107 cm³/mol. The molecule has 1 fully saturated rings. The lowest BCUT2D eigenvalue weighted by molar-refractivity contribution is -0.165. The molecule has 0 bridgehead atoms. The zero-order valence-electron chi connectivity index (χ0n) is 17.6. The Balaban J connectivity index is 1.78. The van der Waals surface area contributed by atoms with Crippen molar-refractivity contribution in [3.63, 3.8) is 0 Å².